The Labute approximate surface area is 118 Å². The van der Waals surface area contributed by atoms with Gasteiger partial charge in [0.1, 0.15) is 0 Å². The maximum absolute atomic E-state index is 11.5. The van der Waals surface area contributed by atoms with Crippen molar-refractivity contribution in [1.82, 2.24) is 0 Å². The van der Waals surface area contributed by atoms with Gasteiger partial charge in [0.2, 0.25) is 0 Å². The molecule has 1 saturated carbocycles. The zero-order valence-corrected chi connectivity index (χ0v) is 11.6. The Bertz CT molecular complexity index is 458. The number of nitrogens with two attached hydrogens (primary N) is 2. The maximum Gasteiger partial charge on any atom is 0.252 e. The second kappa shape index (κ2) is 6.26. The van der Waals surface area contributed by atoms with Crippen LogP contribution in [0.5, 0.6) is 0 Å². The zero-order valence-electron chi connectivity index (χ0n) is 10.9. The van der Waals surface area contributed by atoms with E-state index in [1.54, 1.807) is 12.1 Å². The molecular weight excluding hydrogens is 262 g/mol. The second-order valence-electron chi connectivity index (χ2n) is 5.06. The Morgan fingerprint density at radius 3 is 2.68 bits per heavy atom. The molecule has 2 rings (SSSR count). The molecule has 1 aromatic rings. The third-order valence-electron chi connectivity index (χ3n) is 3.82. The van der Waals surface area contributed by atoms with Gasteiger partial charge in [-0.2, -0.15) is 0 Å². The molecule has 5 N–H and O–H groups in total. The van der Waals surface area contributed by atoms with Gasteiger partial charge in [-0.1, -0.05) is 30.5 Å². The minimum absolute atomic E-state index is 0.166. The lowest BCUT2D eigenvalue weighted by atomic mass is 9.97. The summed E-state index contributed by atoms with van der Waals surface area (Å²) in [5.74, 6) is 0.0417. The SMILES string of the molecule is NCC(Nc1cccc(Cl)c1C(N)=O)C1CCCC1. The molecule has 0 aliphatic heterocycles. The third kappa shape index (κ3) is 3.19. The molecule has 0 aromatic heterocycles. The minimum Gasteiger partial charge on any atom is -0.380 e. The molecule has 1 aliphatic carbocycles. The number of hydrogen-bond acceptors (Lipinski definition) is 3. The standard InChI is InChI=1S/C14H20ClN3O/c15-10-6-3-7-11(13(10)14(17)19)18-12(8-16)9-4-1-2-5-9/h3,6-7,9,12,18H,1-2,4-5,8,16H2,(H2,17,19). The van der Waals surface area contributed by atoms with Crippen LogP contribution in [0.15, 0.2) is 18.2 Å². The van der Waals surface area contributed by atoms with E-state index in [1.807, 2.05) is 6.07 Å². The zero-order chi connectivity index (χ0) is 13.8. The van der Waals surface area contributed by atoms with E-state index >= 15 is 0 Å². The molecule has 0 saturated heterocycles. The molecule has 0 heterocycles. The Morgan fingerprint density at radius 2 is 2.11 bits per heavy atom. The fraction of sp³-hybridized carbons (Fsp3) is 0.500. The number of nitrogens with one attached hydrogen (secondary N) is 1. The molecule has 1 aliphatic rings. The molecule has 0 bridgehead atoms. The quantitative estimate of drug-likeness (QED) is 0.775. The van der Waals surface area contributed by atoms with Gasteiger partial charge in [0.25, 0.3) is 5.91 Å². The van der Waals surface area contributed by atoms with Crippen LogP contribution in [0.3, 0.4) is 0 Å². The Hall–Kier alpha value is -1.26. The molecule has 1 amide bonds. The highest BCUT2D eigenvalue weighted by Gasteiger charge is 2.25. The normalized spacial score (nSPS) is 17.4. The third-order valence-corrected chi connectivity index (χ3v) is 4.14. The summed E-state index contributed by atoms with van der Waals surface area (Å²) in [4.78, 5) is 11.5. The van der Waals surface area contributed by atoms with E-state index in [0.29, 0.717) is 28.7 Å². The predicted molar refractivity (Wildman–Crippen MR) is 78.4 cm³/mol. The first-order valence-electron chi connectivity index (χ1n) is 6.68. The van der Waals surface area contributed by atoms with Crippen molar-refractivity contribution < 1.29 is 4.79 Å². The molecule has 4 nitrogen and oxygen atoms in total. The summed E-state index contributed by atoms with van der Waals surface area (Å²) in [6.45, 7) is 0.537. The number of hydrogen-bond donors (Lipinski definition) is 3. The first-order valence-corrected chi connectivity index (χ1v) is 7.06. The number of primary amides is 1. The van der Waals surface area contributed by atoms with E-state index in [9.17, 15) is 4.79 Å². The summed E-state index contributed by atoms with van der Waals surface area (Å²) in [6, 6.07) is 5.46. The predicted octanol–water partition coefficient (Wildman–Crippen LogP) is 2.37. The molecule has 1 fully saturated rings. The lowest BCUT2D eigenvalue weighted by Gasteiger charge is -2.25. The Kier molecular flexibility index (Phi) is 4.66. The van der Waals surface area contributed by atoms with Gasteiger partial charge in [-0.3, -0.25) is 4.79 Å². The van der Waals surface area contributed by atoms with Crippen molar-refractivity contribution in [2.45, 2.75) is 31.7 Å². The Balaban J connectivity index is 2.21. The van der Waals surface area contributed by atoms with Gasteiger partial charge in [0.05, 0.1) is 10.6 Å². The first kappa shape index (κ1) is 14.2. The molecule has 1 unspecified atom stereocenters. The summed E-state index contributed by atoms with van der Waals surface area (Å²) in [7, 11) is 0. The van der Waals surface area contributed by atoms with Gasteiger partial charge in [-0.15, -0.1) is 0 Å². The second-order valence-corrected chi connectivity index (χ2v) is 5.46. The maximum atomic E-state index is 11.5. The van der Waals surface area contributed by atoms with Crippen LogP contribution in [-0.4, -0.2) is 18.5 Å². The molecule has 104 valence electrons. The first-order chi connectivity index (χ1) is 9.13. The Morgan fingerprint density at radius 1 is 1.42 bits per heavy atom. The van der Waals surface area contributed by atoms with Gasteiger partial charge >= 0.3 is 0 Å². The topological polar surface area (TPSA) is 81.1 Å². The molecule has 5 heteroatoms. The van der Waals surface area contributed by atoms with Gasteiger partial charge < -0.3 is 16.8 Å². The van der Waals surface area contributed by atoms with Crippen molar-refractivity contribution >= 4 is 23.2 Å². The average Bonchev–Trinajstić information content (AvgIpc) is 2.89. The van der Waals surface area contributed by atoms with Crippen molar-refractivity contribution in [3.63, 3.8) is 0 Å². The lowest BCUT2D eigenvalue weighted by molar-refractivity contribution is 0.100. The smallest absolute Gasteiger partial charge is 0.252 e. The van der Waals surface area contributed by atoms with Crippen molar-refractivity contribution in [1.29, 1.82) is 0 Å². The molecular formula is C14H20ClN3O. The van der Waals surface area contributed by atoms with E-state index in [2.05, 4.69) is 5.32 Å². The molecule has 1 atom stereocenters. The van der Waals surface area contributed by atoms with Crippen molar-refractivity contribution in [2.75, 3.05) is 11.9 Å². The van der Waals surface area contributed by atoms with Crippen LogP contribution in [-0.2, 0) is 0 Å². The fourth-order valence-electron chi connectivity index (χ4n) is 2.82. The number of carbonyl (C=O) groups is 1. The number of halogens is 1. The highest BCUT2D eigenvalue weighted by atomic mass is 35.5. The monoisotopic (exact) mass is 281 g/mol. The van der Waals surface area contributed by atoms with Crippen LogP contribution < -0.4 is 16.8 Å². The largest absolute Gasteiger partial charge is 0.380 e. The number of carbonyl (C=O) groups excluding carboxylic acids is 1. The summed E-state index contributed by atoms with van der Waals surface area (Å²) in [6.07, 6.45) is 4.87. The van der Waals surface area contributed by atoms with E-state index in [1.165, 1.54) is 25.7 Å². The lowest BCUT2D eigenvalue weighted by Crippen LogP contribution is -2.36. The van der Waals surface area contributed by atoms with Crippen LogP contribution in [0.4, 0.5) is 5.69 Å². The van der Waals surface area contributed by atoms with Crippen molar-refractivity contribution in [3.05, 3.63) is 28.8 Å². The summed E-state index contributed by atoms with van der Waals surface area (Å²) < 4.78 is 0. The summed E-state index contributed by atoms with van der Waals surface area (Å²) in [5.41, 5.74) is 12.3. The fourth-order valence-corrected chi connectivity index (χ4v) is 3.09. The van der Waals surface area contributed by atoms with E-state index < -0.39 is 5.91 Å². The number of amides is 1. The number of rotatable bonds is 5. The van der Waals surface area contributed by atoms with Gasteiger partial charge in [0, 0.05) is 18.3 Å². The van der Waals surface area contributed by atoms with Gasteiger partial charge in [-0.05, 0) is 30.9 Å². The minimum atomic E-state index is -0.518. The summed E-state index contributed by atoms with van der Waals surface area (Å²) >= 11 is 6.04. The molecule has 0 spiro atoms. The van der Waals surface area contributed by atoms with E-state index in [4.69, 9.17) is 23.1 Å². The number of benzene rings is 1. The van der Waals surface area contributed by atoms with Gasteiger partial charge in [-0.25, -0.2) is 0 Å². The van der Waals surface area contributed by atoms with E-state index in [0.717, 1.165) is 0 Å². The highest BCUT2D eigenvalue weighted by molar-refractivity contribution is 6.34. The van der Waals surface area contributed by atoms with E-state index in [-0.39, 0.29) is 6.04 Å². The van der Waals surface area contributed by atoms with Crippen molar-refractivity contribution in [3.8, 4) is 0 Å². The average molecular weight is 282 g/mol. The van der Waals surface area contributed by atoms with Crippen LogP contribution in [0.25, 0.3) is 0 Å². The molecule has 19 heavy (non-hydrogen) atoms. The summed E-state index contributed by atoms with van der Waals surface area (Å²) in [5, 5.41) is 3.73. The molecule has 0 radical (unpaired) electrons. The van der Waals surface area contributed by atoms with Crippen LogP contribution in [0.1, 0.15) is 36.0 Å². The highest BCUT2D eigenvalue weighted by Crippen LogP contribution is 2.31. The van der Waals surface area contributed by atoms with Crippen LogP contribution in [0, 0.1) is 5.92 Å². The van der Waals surface area contributed by atoms with Crippen LogP contribution >= 0.6 is 11.6 Å². The molecule has 1 aromatic carbocycles. The van der Waals surface area contributed by atoms with Gasteiger partial charge in [0.15, 0.2) is 0 Å². The van der Waals surface area contributed by atoms with Crippen molar-refractivity contribution in [2.24, 2.45) is 17.4 Å². The van der Waals surface area contributed by atoms with Crippen LogP contribution in [0.2, 0.25) is 5.02 Å². The number of anilines is 1.